The zero-order valence-corrected chi connectivity index (χ0v) is 17.2. The second kappa shape index (κ2) is 7.26. The molecule has 8 heteroatoms. The number of aromatic nitrogens is 2. The molecule has 4 rings (SSSR count). The smallest absolute Gasteiger partial charge is 0.283 e. The molecule has 0 spiro atoms. The highest BCUT2D eigenvalue weighted by atomic mass is 35.5. The molecule has 2 aromatic heterocycles. The van der Waals surface area contributed by atoms with Gasteiger partial charge in [0.2, 0.25) is 0 Å². The van der Waals surface area contributed by atoms with Crippen LogP contribution in [0.5, 0.6) is 5.75 Å². The van der Waals surface area contributed by atoms with Crippen molar-refractivity contribution in [1.29, 1.82) is 0 Å². The van der Waals surface area contributed by atoms with E-state index in [1.165, 1.54) is 29.3 Å². The van der Waals surface area contributed by atoms with Crippen LogP contribution in [0.25, 0.3) is 10.2 Å². The van der Waals surface area contributed by atoms with E-state index in [0.29, 0.717) is 32.6 Å². The molecule has 140 valence electrons. The molecule has 27 heavy (non-hydrogen) atoms. The third-order valence-electron chi connectivity index (χ3n) is 4.68. The van der Waals surface area contributed by atoms with Gasteiger partial charge < -0.3 is 4.74 Å². The monoisotopic (exact) mass is 421 g/mol. The van der Waals surface area contributed by atoms with Gasteiger partial charge >= 0.3 is 0 Å². The Bertz CT molecular complexity index is 1130. The number of rotatable bonds is 3. The minimum Gasteiger partial charge on any atom is -0.495 e. The van der Waals surface area contributed by atoms with Crippen LogP contribution in [0.2, 0.25) is 10.0 Å². The average molecular weight is 422 g/mol. The standard InChI is InChI=1S/C19H17Cl2N3O2S/c1-10-23-18-16(13-5-3-4-6-15(13)27-18)19(25)24(10)22-9-11-7-12(20)8-14(21)17(11)26-2/h7-9H,3-6H2,1-2H3/b22-9+. The second-order valence-electron chi connectivity index (χ2n) is 6.42. The summed E-state index contributed by atoms with van der Waals surface area (Å²) in [6.45, 7) is 1.78. The molecule has 0 atom stereocenters. The lowest BCUT2D eigenvalue weighted by atomic mass is 9.97. The van der Waals surface area contributed by atoms with Crippen LogP contribution >= 0.6 is 34.5 Å². The summed E-state index contributed by atoms with van der Waals surface area (Å²) < 4.78 is 6.66. The van der Waals surface area contributed by atoms with Crippen LogP contribution < -0.4 is 10.3 Å². The van der Waals surface area contributed by atoms with Gasteiger partial charge in [-0.1, -0.05) is 23.2 Å². The summed E-state index contributed by atoms with van der Waals surface area (Å²) in [6, 6.07) is 3.29. The normalized spacial score (nSPS) is 14.1. The largest absolute Gasteiger partial charge is 0.495 e. The first kappa shape index (κ1) is 18.5. The predicted molar refractivity (Wildman–Crippen MR) is 111 cm³/mol. The SMILES string of the molecule is COc1c(Cl)cc(Cl)cc1/C=N/n1c(C)nc2sc3c(c2c1=O)CCCC3. The molecule has 1 aliphatic carbocycles. The van der Waals surface area contributed by atoms with Gasteiger partial charge in [0, 0.05) is 15.5 Å². The maximum atomic E-state index is 13.1. The molecule has 1 aromatic carbocycles. The van der Waals surface area contributed by atoms with E-state index in [-0.39, 0.29) is 5.56 Å². The number of ether oxygens (including phenoxy) is 1. The fourth-order valence-corrected chi connectivity index (χ4v) is 5.33. The van der Waals surface area contributed by atoms with Gasteiger partial charge in [-0.3, -0.25) is 4.79 Å². The zero-order chi connectivity index (χ0) is 19.1. The van der Waals surface area contributed by atoms with Crippen molar-refractivity contribution in [3.05, 3.63) is 54.4 Å². The first-order valence-corrected chi connectivity index (χ1v) is 10.2. The van der Waals surface area contributed by atoms with Crippen LogP contribution in [0.4, 0.5) is 0 Å². The van der Waals surface area contributed by atoms with Crippen LogP contribution in [-0.2, 0) is 12.8 Å². The predicted octanol–water partition coefficient (Wildman–Crippen LogP) is 4.84. The first-order chi connectivity index (χ1) is 13.0. The molecule has 3 aromatic rings. The second-order valence-corrected chi connectivity index (χ2v) is 8.35. The van der Waals surface area contributed by atoms with Crippen LogP contribution in [-0.4, -0.2) is 23.0 Å². The fourth-order valence-electron chi connectivity index (χ4n) is 3.45. The molecule has 1 aliphatic rings. The lowest BCUT2D eigenvalue weighted by Gasteiger charge is -2.10. The van der Waals surface area contributed by atoms with Gasteiger partial charge in [-0.25, -0.2) is 4.98 Å². The Morgan fingerprint density at radius 3 is 2.85 bits per heavy atom. The van der Waals surface area contributed by atoms with Gasteiger partial charge in [0.1, 0.15) is 16.4 Å². The first-order valence-electron chi connectivity index (χ1n) is 8.61. The van der Waals surface area contributed by atoms with Crippen LogP contribution in [0, 0.1) is 6.92 Å². The van der Waals surface area contributed by atoms with Crippen molar-refractivity contribution in [2.45, 2.75) is 32.6 Å². The van der Waals surface area contributed by atoms with E-state index in [4.69, 9.17) is 27.9 Å². The molecular weight excluding hydrogens is 405 g/mol. The number of benzene rings is 1. The van der Waals surface area contributed by atoms with Crippen molar-refractivity contribution in [1.82, 2.24) is 9.66 Å². The van der Waals surface area contributed by atoms with E-state index in [1.807, 2.05) is 0 Å². The van der Waals surface area contributed by atoms with Gasteiger partial charge in [0.05, 0.1) is 23.7 Å². The Hall–Kier alpha value is -1.89. The summed E-state index contributed by atoms with van der Waals surface area (Å²) in [5.74, 6) is 0.993. The fraction of sp³-hybridized carbons (Fsp3) is 0.316. The Morgan fingerprint density at radius 1 is 1.30 bits per heavy atom. The number of aryl methyl sites for hydroxylation is 3. The van der Waals surface area contributed by atoms with Crippen molar-refractivity contribution in [2.24, 2.45) is 5.10 Å². The van der Waals surface area contributed by atoms with Crippen LogP contribution in [0.15, 0.2) is 22.0 Å². The highest BCUT2D eigenvalue weighted by Gasteiger charge is 2.21. The summed E-state index contributed by atoms with van der Waals surface area (Å²) in [7, 11) is 1.52. The number of fused-ring (bicyclic) bond motifs is 3. The molecule has 0 unspecified atom stereocenters. The highest BCUT2D eigenvalue weighted by molar-refractivity contribution is 7.18. The van der Waals surface area contributed by atoms with Crippen molar-refractivity contribution in [3.63, 3.8) is 0 Å². The minimum atomic E-state index is -0.139. The Labute approximate surface area is 170 Å². The number of halogens is 2. The molecule has 0 bridgehead atoms. The number of methoxy groups -OCH3 is 1. The maximum Gasteiger partial charge on any atom is 0.283 e. The van der Waals surface area contributed by atoms with Gasteiger partial charge in [-0.2, -0.15) is 9.78 Å². The van der Waals surface area contributed by atoms with Crippen molar-refractivity contribution >= 4 is 51.0 Å². The van der Waals surface area contributed by atoms with Crippen LogP contribution in [0.3, 0.4) is 0 Å². The average Bonchev–Trinajstić information content (AvgIpc) is 2.99. The van der Waals surface area contributed by atoms with Crippen LogP contribution in [0.1, 0.15) is 34.7 Å². The molecule has 0 radical (unpaired) electrons. The summed E-state index contributed by atoms with van der Waals surface area (Å²) in [4.78, 5) is 19.8. The number of thiophene rings is 1. The summed E-state index contributed by atoms with van der Waals surface area (Å²) in [6.07, 6.45) is 5.75. The van der Waals surface area contributed by atoms with E-state index in [1.54, 1.807) is 30.4 Å². The van der Waals surface area contributed by atoms with Gasteiger partial charge in [-0.15, -0.1) is 11.3 Å². The molecule has 2 heterocycles. The van der Waals surface area contributed by atoms with E-state index in [2.05, 4.69) is 10.1 Å². The molecule has 0 fully saturated rings. The number of hydrogen-bond acceptors (Lipinski definition) is 5. The van der Waals surface area contributed by atoms with Gasteiger partial charge in [0.25, 0.3) is 5.56 Å². The lowest BCUT2D eigenvalue weighted by molar-refractivity contribution is 0.414. The number of nitrogens with zero attached hydrogens (tertiary/aromatic N) is 3. The Morgan fingerprint density at radius 2 is 2.07 bits per heavy atom. The third kappa shape index (κ3) is 3.26. The van der Waals surface area contributed by atoms with Gasteiger partial charge in [-0.05, 0) is 50.3 Å². The quantitative estimate of drug-likeness (QED) is 0.568. The maximum absolute atomic E-state index is 13.1. The van der Waals surface area contributed by atoms with E-state index >= 15 is 0 Å². The van der Waals surface area contributed by atoms with E-state index in [0.717, 1.165) is 29.7 Å². The summed E-state index contributed by atoms with van der Waals surface area (Å²) >= 11 is 13.9. The van der Waals surface area contributed by atoms with Gasteiger partial charge in [0.15, 0.2) is 0 Å². The molecule has 0 amide bonds. The summed E-state index contributed by atoms with van der Waals surface area (Å²) in [5, 5.41) is 5.92. The van der Waals surface area contributed by atoms with Crippen molar-refractivity contribution in [2.75, 3.05) is 7.11 Å². The molecule has 5 nitrogen and oxygen atoms in total. The molecule has 0 saturated heterocycles. The van der Waals surface area contributed by atoms with E-state index < -0.39 is 0 Å². The topological polar surface area (TPSA) is 56.5 Å². The lowest BCUT2D eigenvalue weighted by Crippen LogP contribution is -2.21. The summed E-state index contributed by atoms with van der Waals surface area (Å²) in [5.41, 5.74) is 1.60. The van der Waals surface area contributed by atoms with Crippen molar-refractivity contribution in [3.8, 4) is 5.75 Å². The third-order valence-corrected chi connectivity index (χ3v) is 6.37. The molecule has 0 aliphatic heterocycles. The molecule has 0 N–H and O–H groups in total. The van der Waals surface area contributed by atoms with Crippen molar-refractivity contribution < 1.29 is 4.74 Å². The van der Waals surface area contributed by atoms with E-state index in [9.17, 15) is 4.79 Å². The minimum absolute atomic E-state index is 0.139. The number of hydrogen-bond donors (Lipinski definition) is 0. The molecular formula is C19H17Cl2N3O2S. The zero-order valence-electron chi connectivity index (χ0n) is 14.9. The molecule has 0 saturated carbocycles. The highest BCUT2D eigenvalue weighted by Crippen LogP contribution is 2.34. The Balaban J connectivity index is 1.86. The Kier molecular flexibility index (Phi) is 4.97.